The maximum absolute atomic E-state index is 9.15. The van der Waals surface area contributed by atoms with Crippen LogP contribution in [0.4, 0.5) is 0 Å². The molecular weight excluding hydrogens is 316 g/mol. The molecule has 112 valence electrons. The van der Waals surface area contributed by atoms with Crippen molar-refractivity contribution in [2.24, 2.45) is 11.7 Å². The molecule has 0 bridgehead atoms. The summed E-state index contributed by atoms with van der Waals surface area (Å²) < 4.78 is 1.10. The van der Waals surface area contributed by atoms with Crippen LogP contribution in [-0.4, -0.2) is 35.7 Å². The van der Waals surface area contributed by atoms with Crippen LogP contribution in [0.3, 0.4) is 0 Å². The summed E-state index contributed by atoms with van der Waals surface area (Å²) in [5, 5.41) is 9.15. The van der Waals surface area contributed by atoms with Crippen LogP contribution in [0.15, 0.2) is 28.7 Å². The van der Waals surface area contributed by atoms with E-state index in [-0.39, 0.29) is 12.1 Å². The van der Waals surface area contributed by atoms with Crippen molar-refractivity contribution in [1.82, 2.24) is 4.90 Å². The molecule has 3 unspecified atom stereocenters. The smallest absolute Gasteiger partial charge is 0.0496 e. The number of likely N-dealkylation sites (tertiary alicyclic amines) is 1. The molecule has 1 aliphatic rings. The Morgan fingerprint density at radius 1 is 1.40 bits per heavy atom. The Morgan fingerprint density at radius 2 is 2.10 bits per heavy atom. The SMILES string of the molecule is CC(N)C(c1ccc(Br)cc1)N1CCCC(CCO)C1. The highest BCUT2D eigenvalue weighted by molar-refractivity contribution is 9.10. The minimum atomic E-state index is 0.101. The Hall–Kier alpha value is -0.420. The first kappa shape index (κ1) is 16.0. The van der Waals surface area contributed by atoms with Crippen LogP contribution >= 0.6 is 15.9 Å². The molecule has 3 N–H and O–H groups in total. The van der Waals surface area contributed by atoms with Crippen LogP contribution in [0.2, 0.25) is 0 Å². The van der Waals surface area contributed by atoms with Gasteiger partial charge in [0.15, 0.2) is 0 Å². The van der Waals surface area contributed by atoms with E-state index in [1.54, 1.807) is 0 Å². The third kappa shape index (κ3) is 4.04. The summed E-state index contributed by atoms with van der Waals surface area (Å²) in [7, 11) is 0. The number of rotatable bonds is 5. The second-order valence-electron chi connectivity index (χ2n) is 5.87. The summed E-state index contributed by atoms with van der Waals surface area (Å²) in [6, 6.07) is 8.86. The Bertz CT molecular complexity index is 405. The van der Waals surface area contributed by atoms with E-state index in [0.29, 0.717) is 12.5 Å². The lowest BCUT2D eigenvalue weighted by Gasteiger charge is -2.40. The van der Waals surface area contributed by atoms with E-state index in [9.17, 15) is 0 Å². The normalized spacial score (nSPS) is 23.5. The Balaban J connectivity index is 2.13. The number of aliphatic hydroxyl groups excluding tert-OH is 1. The van der Waals surface area contributed by atoms with Crippen LogP contribution in [0.5, 0.6) is 0 Å². The Kier molecular flexibility index (Phi) is 6.02. The van der Waals surface area contributed by atoms with Crippen molar-refractivity contribution >= 4 is 15.9 Å². The Labute approximate surface area is 130 Å². The molecule has 1 heterocycles. The number of hydrogen-bond donors (Lipinski definition) is 2. The van der Waals surface area contributed by atoms with E-state index in [1.165, 1.54) is 18.4 Å². The molecule has 4 heteroatoms. The highest BCUT2D eigenvalue weighted by Gasteiger charge is 2.28. The van der Waals surface area contributed by atoms with Crippen molar-refractivity contribution in [3.05, 3.63) is 34.3 Å². The lowest BCUT2D eigenvalue weighted by Crippen LogP contribution is -2.44. The van der Waals surface area contributed by atoms with Crippen molar-refractivity contribution in [3.8, 4) is 0 Å². The maximum Gasteiger partial charge on any atom is 0.0496 e. The molecule has 0 aliphatic carbocycles. The molecule has 1 aromatic carbocycles. The molecule has 1 saturated heterocycles. The topological polar surface area (TPSA) is 49.5 Å². The zero-order valence-corrected chi connectivity index (χ0v) is 13.7. The number of halogens is 1. The summed E-state index contributed by atoms with van der Waals surface area (Å²) in [6.45, 7) is 4.52. The fourth-order valence-corrected chi connectivity index (χ4v) is 3.54. The van der Waals surface area contributed by atoms with Gasteiger partial charge in [-0.3, -0.25) is 4.90 Å². The van der Waals surface area contributed by atoms with Gasteiger partial charge in [0.2, 0.25) is 0 Å². The first-order valence-corrected chi connectivity index (χ1v) is 8.27. The van der Waals surface area contributed by atoms with E-state index in [0.717, 1.165) is 24.0 Å². The minimum Gasteiger partial charge on any atom is -0.396 e. The highest BCUT2D eigenvalue weighted by atomic mass is 79.9. The molecule has 3 nitrogen and oxygen atoms in total. The summed E-state index contributed by atoms with van der Waals surface area (Å²) in [5.74, 6) is 0.602. The molecule has 2 rings (SSSR count). The fourth-order valence-electron chi connectivity index (χ4n) is 3.27. The first-order valence-electron chi connectivity index (χ1n) is 7.47. The lowest BCUT2D eigenvalue weighted by atomic mass is 9.91. The molecule has 0 radical (unpaired) electrons. The van der Waals surface area contributed by atoms with Gasteiger partial charge in [-0.05, 0) is 56.3 Å². The van der Waals surface area contributed by atoms with Crippen LogP contribution in [0.1, 0.15) is 37.8 Å². The monoisotopic (exact) mass is 340 g/mol. The number of hydrogen-bond acceptors (Lipinski definition) is 3. The maximum atomic E-state index is 9.15. The van der Waals surface area contributed by atoms with Gasteiger partial charge >= 0.3 is 0 Å². The third-order valence-corrected chi connectivity index (χ3v) is 4.72. The van der Waals surface area contributed by atoms with Gasteiger partial charge in [0.1, 0.15) is 0 Å². The van der Waals surface area contributed by atoms with Crippen molar-refractivity contribution in [3.63, 3.8) is 0 Å². The fraction of sp³-hybridized carbons (Fsp3) is 0.625. The van der Waals surface area contributed by atoms with E-state index in [1.807, 2.05) is 0 Å². The Morgan fingerprint density at radius 3 is 2.70 bits per heavy atom. The number of nitrogens with zero attached hydrogens (tertiary/aromatic N) is 1. The van der Waals surface area contributed by atoms with Crippen LogP contribution in [-0.2, 0) is 0 Å². The molecule has 1 aliphatic heterocycles. The number of benzene rings is 1. The number of piperidine rings is 1. The van der Waals surface area contributed by atoms with Gasteiger partial charge in [-0.1, -0.05) is 28.1 Å². The van der Waals surface area contributed by atoms with Gasteiger partial charge in [0.05, 0.1) is 0 Å². The van der Waals surface area contributed by atoms with Crippen molar-refractivity contribution < 1.29 is 5.11 Å². The van der Waals surface area contributed by atoms with Crippen molar-refractivity contribution in [2.45, 2.75) is 38.3 Å². The standard InChI is InChI=1S/C16H25BrN2O/c1-12(18)16(14-4-6-15(17)7-5-14)19-9-2-3-13(11-19)8-10-20/h4-7,12-13,16,20H,2-3,8-11,18H2,1H3. The van der Waals surface area contributed by atoms with Gasteiger partial charge in [-0.2, -0.15) is 0 Å². The zero-order valence-electron chi connectivity index (χ0n) is 12.1. The molecular formula is C16H25BrN2O. The average molecular weight is 341 g/mol. The predicted octanol–water partition coefficient (Wildman–Crippen LogP) is 2.93. The van der Waals surface area contributed by atoms with E-state index >= 15 is 0 Å². The van der Waals surface area contributed by atoms with Crippen LogP contribution in [0.25, 0.3) is 0 Å². The van der Waals surface area contributed by atoms with E-state index in [4.69, 9.17) is 10.8 Å². The van der Waals surface area contributed by atoms with Gasteiger partial charge in [-0.25, -0.2) is 0 Å². The number of nitrogens with two attached hydrogens (primary N) is 1. The molecule has 0 saturated carbocycles. The highest BCUT2D eigenvalue weighted by Crippen LogP contribution is 2.30. The quantitative estimate of drug-likeness (QED) is 0.866. The van der Waals surface area contributed by atoms with E-state index < -0.39 is 0 Å². The summed E-state index contributed by atoms with van der Waals surface area (Å²) in [5.41, 5.74) is 7.54. The molecule has 1 aromatic rings. The molecule has 0 spiro atoms. The van der Waals surface area contributed by atoms with Gasteiger partial charge in [0.25, 0.3) is 0 Å². The molecule has 0 aromatic heterocycles. The summed E-state index contributed by atoms with van der Waals surface area (Å²) in [4.78, 5) is 2.50. The zero-order chi connectivity index (χ0) is 14.5. The molecule has 20 heavy (non-hydrogen) atoms. The molecule has 1 fully saturated rings. The second-order valence-corrected chi connectivity index (χ2v) is 6.79. The molecule has 3 atom stereocenters. The van der Waals surface area contributed by atoms with Gasteiger partial charge < -0.3 is 10.8 Å². The van der Waals surface area contributed by atoms with Crippen LogP contribution < -0.4 is 5.73 Å². The summed E-state index contributed by atoms with van der Waals surface area (Å²) >= 11 is 3.49. The lowest BCUT2D eigenvalue weighted by molar-refractivity contribution is 0.0967. The van der Waals surface area contributed by atoms with E-state index in [2.05, 4.69) is 52.0 Å². The second kappa shape index (κ2) is 7.55. The van der Waals surface area contributed by atoms with Gasteiger partial charge in [-0.15, -0.1) is 0 Å². The minimum absolute atomic E-state index is 0.101. The largest absolute Gasteiger partial charge is 0.396 e. The first-order chi connectivity index (χ1) is 9.61. The van der Waals surface area contributed by atoms with Crippen molar-refractivity contribution in [2.75, 3.05) is 19.7 Å². The van der Waals surface area contributed by atoms with Gasteiger partial charge in [0, 0.05) is 29.7 Å². The third-order valence-electron chi connectivity index (χ3n) is 4.19. The summed E-state index contributed by atoms with van der Waals surface area (Å²) in [6.07, 6.45) is 3.33. The van der Waals surface area contributed by atoms with Crippen LogP contribution in [0, 0.1) is 5.92 Å². The number of aliphatic hydroxyl groups is 1. The predicted molar refractivity (Wildman–Crippen MR) is 86.5 cm³/mol. The molecule has 0 amide bonds. The van der Waals surface area contributed by atoms with Crippen molar-refractivity contribution in [1.29, 1.82) is 0 Å². The average Bonchev–Trinajstić information content (AvgIpc) is 2.42.